The van der Waals surface area contributed by atoms with Gasteiger partial charge in [-0.25, -0.2) is 0 Å². The van der Waals surface area contributed by atoms with E-state index in [1.807, 2.05) is 0 Å². The van der Waals surface area contributed by atoms with Crippen LogP contribution in [0.4, 0.5) is 0 Å². The highest BCUT2D eigenvalue weighted by Crippen LogP contribution is 2.66. The number of hydrogen-bond donors (Lipinski definition) is 0. The molecule has 3 atom stereocenters. The number of carbonyl (C=O) groups excluding carboxylic acids is 1. The first-order valence-corrected chi connectivity index (χ1v) is 8.44. The van der Waals surface area contributed by atoms with Crippen molar-refractivity contribution in [2.24, 2.45) is 16.7 Å². The number of halogens is 1. The molecule has 1 heterocycles. The predicted octanol–water partition coefficient (Wildman–Crippen LogP) is 4.82. The van der Waals surface area contributed by atoms with E-state index in [0.717, 1.165) is 12.3 Å². The lowest BCUT2D eigenvalue weighted by molar-refractivity contribution is -0.0389. The van der Waals surface area contributed by atoms with Crippen LogP contribution in [0.2, 0.25) is 4.34 Å². The minimum Gasteiger partial charge on any atom is -0.369 e. The van der Waals surface area contributed by atoms with Crippen molar-refractivity contribution < 1.29 is 9.53 Å². The van der Waals surface area contributed by atoms with E-state index in [-0.39, 0.29) is 23.9 Å². The average Bonchev–Trinajstić information content (AvgIpc) is 2.97. The summed E-state index contributed by atoms with van der Waals surface area (Å²) in [7, 11) is 0. The monoisotopic (exact) mass is 312 g/mol. The SMILES string of the molecule is CC1(C)C2CCC1(C)C(OCC(=O)c1ccc(Cl)s1)C2. The maximum absolute atomic E-state index is 12.1. The fraction of sp³-hybridized carbons (Fsp3) is 0.688. The Bertz CT molecular complexity index is 536. The molecule has 1 aromatic rings. The van der Waals surface area contributed by atoms with Gasteiger partial charge in [-0.05, 0) is 48.1 Å². The third-order valence-electron chi connectivity index (χ3n) is 5.98. The molecule has 20 heavy (non-hydrogen) atoms. The van der Waals surface area contributed by atoms with Crippen molar-refractivity contribution in [3.05, 3.63) is 21.3 Å². The molecule has 2 bridgehead atoms. The fourth-order valence-corrected chi connectivity index (χ4v) is 5.06. The molecule has 0 aliphatic heterocycles. The average molecular weight is 313 g/mol. The van der Waals surface area contributed by atoms with E-state index >= 15 is 0 Å². The number of rotatable bonds is 4. The smallest absolute Gasteiger partial charge is 0.198 e. The summed E-state index contributed by atoms with van der Waals surface area (Å²) in [5.41, 5.74) is 0.540. The highest BCUT2D eigenvalue weighted by atomic mass is 35.5. The van der Waals surface area contributed by atoms with E-state index in [4.69, 9.17) is 16.3 Å². The summed E-state index contributed by atoms with van der Waals surface area (Å²) in [4.78, 5) is 12.8. The second kappa shape index (κ2) is 4.82. The van der Waals surface area contributed by atoms with E-state index in [1.165, 1.54) is 24.2 Å². The summed E-state index contributed by atoms with van der Waals surface area (Å²) in [5.74, 6) is 0.787. The quantitative estimate of drug-likeness (QED) is 0.745. The van der Waals surface area contributed by atoms with Crippen LogP contribution in [0, 0.1) is 16.7 Å². The van der Waals surface area contributed by atoms with E-state index in [9.17, 15) is 4.79 Å². The lowest BCUT2D eigenvalue weighted by atomic mass is 9.70. The molecular formula is C16H21ClO2S. The fourth-order valence-electron chi connectivity index (χ4n) is 4.09. The standard InChI is InChI=1S/C16H21ClO2S/c1-15(2)10-6-7-16(15,3)13(8-10)19-9-11(18)12-4-5-14(17)20-12/h4-5,10,13H,6-9H2,1-3H3. The molecule has 2 fully saturated rings. The van der Waals surface area contributed by atoms with Crippen molar-refractivity contribution >= 4 is 28.7 Å². The van der Waals surface area contributed by atoms with Crippen LogP contribution in [0.25, 0.3) is 0 Å². The van der Waals surface area contributed by atoms with Crippen molar-refractivity contribution in [2.75, 3.05) is 6.61 Å². The molecule has 3 rings (SSSR count). The molecule has 0 amide bonds. The van der Waals surface area contributed by atoms with Gasteiger partial charge in [0.2, 0.25) is 0 Å². The van der Waals surface area contributed by atoms with E-state index < -0.39 is 0 Å². The Kier molecular flexibility index (Phi) is 3.51. The topological polar surface area (TPSA) is 26.3 Å². The van der Waals surface area contributed by atoms with Gasteiger partial charge < -0.3 is 4.74 Å². The number of carbonyl (C=O) groups is 1. The molecule has 2 aliphatic rings. The van der Waals surface area contributed by atoms with Crippen molar-refractivity contribution in [1.82, 2.24) is 0 Å². The summed E-state index contributed by atoms with van der Waals surface area (Å²) < 4.78 is 6.67. The molecular weight excluding hydrogens is 292 g/mol. The molecule has 0 aromatic carbocycles. The first kappa shape index (κ1) is 14.6. The number of thiophene rings is 1. The van der Waals surface area contributed by atoms with Crippen LogP contribution in [0.1, 0.15) is 49.7 Å². The molecule has 2 aliphatic carbocycles. The van der Waals surface area contributed by atoms with Gasteiger partial charge in [0.15, 0.2) is 5.78 Å². The summed E-state index contributed by atoms with van der Waals surface area (Å²) in [6.45, 7) is 7.22. The molecule has 0 spiro atoms. The maximum Gasteiger partial charge on any atom is 0.198 e. The highest BCUT2D eigenvalue weighted by Gasteiger charge is 2.61. The molecule has 0 N–H and O–H groups in total. The maximum atomic E-state index is 12.1. The zero-order valence-electron chi connectivity index (χ0n) is 12.2. The molecule has 2 nitrogen and oxygen atoms in total. The Balaban J connectivity index is 1.64. The van der Waals surface area contributed by atoms with Gasteiger partial charge in [-0.2, -0.15) is 0 Å². The summed E-state index contributed by atoms with van der Waals surface area (Å²) in [6.07, 6.45) is 3.84. The zero-order valence-corrected chi connectivity index (χ0v) is 13.8. The van der Waals surface area contributed by atoms with Gasteiger partial charge in [-0.1, -0.05) is 32.4 Å². The molecule has 0 saturated heterocycles. The number of Topliss-reactive ketones (excluding diaryl/α,β-unsaturated/α-hetero) is 1. The van der Waals surface area contributed by atoms with Crippen LogP contribution in [-0.2, 0) is 4.74 Å². The second-order valence-electron chi connectivity index (χ2n) is 6.94. The molecule has 3 unspecified atom stereocenters. The van der Waals surface area contributed by atoms with Gasteiger partial charge in [0.05, 0.1) is 15.3 Å². The van der Waals surface area contributed by atoms with Gasteiger partial charge in [-0.3, -0.25) is 4.79 Å². The highest BCUT2D eigenvalue weighted by molar-refractivity contribution is 7.18. The molecule has 1 aromatic heterocycles. The van der Waals surface area contributed by atoms with E-state index in [1.54, 1.807) is 12.1 Å². The second-order valence-corrected chi connectivity index (χ2v) is 8.65. The number of hydrogen-bond acceptors (Lipinski definition) is 3. The molecule has 2 saturated carbocycles. The van der Waals surface area contributed by atoms with Gasteiger partial charge in [0.1, 0.15) is 6.61 Å². The third-order valence-corrected chi connectivity index (χ3v) is 7.25. The number of ether oxygens (including phenoxy) is 1. The van der Waals surface area contributed by atoms with Crippen LogP contribution in [0.3, 0.4) is 0 Å². The lowest BCUT2D eigenvalue weighted by Gasteiger charge is -2.38. The van der Waals surface area contributed by atoms with Crippen molar-refractivity contribution in [3.63, 3.8) is 0 Å². The summed E-state index contributed by atoms with van der Waals surface area (Å²) >= 11 is 7.20. The van der Waals surface area contributed by atoms with Crippen LogP contribution >= 0.6 is 22.9 Å². The van der Waals surface area contributed by atoms with Crippen LogP contribution in [0.15, 0.2) is 12.1 Å². The van der Waals surface area contributed by atoms with E-state index in [0.29, 0.717) is 14.6 Å². The first-order chi connectivity index (χ1) is 9.34. The van der Waals surface area contributed by atoms with Gasteiger partial charge in [0.25, 0.3) is 0 Å². The third kappa shape index (κ3) is 2.06. The lowest BCUT2D eigenvalue weighted by Crippen LogP contribution is -2.38. The zero-order chi connectivity index (χ0) is 14.5. The van der Waals surface area contributed by atoms with Crippen molar-refractivity contribution in [2.45, 2.75) is 46.1 Å². The predicted molar refractivity (Wildman–Crippen MR) is 82.6 cm³/mol. The van der Waals surface area contributed by atoms with Crippen molar-refractivity contribution in [1.29, 1.82) is 0 Å². The largest absolute Gasteiger partial charge is 0.369 e. The number of ketones is 1. The Labute approximate surface area is 129 Å². The van der Waals surface area contributed by atoms with Gasteiger partial charge in [0, 0.05) is 0 Å². The Morgan fingerprint density at radius 1 is 1.45 bits per heavy atom. The minimum atomic E-state index is 0.0473. The van der Waals surface area contributed by atoms with Crippen LogP contribution < -0.4 is 0 Å². The van der Waals surface area contributed by atoms with Gasteiger partial charge >= 0.3 is 0 Å². The Morgan fingerprint density at radius 2 is 2.20 bits per heavy atom. The Morgan fingerprint density at radius 3 is 2.70 bits per heavy atom. The minimum absolute atomic E-state index is 0.0473. The number of fused-ring (bicyclic) bond motifs is 2. The van der Waals surface area contributed by atoms with Crippen LogP contribution in [-0.4, -0.2) is 18.5 Å². The first-order valence-electron chi connectivity index (χ1n) is 7.25. The van der Waals surface area contributed by atoms with Gasteiger partial charge in [-0.15, -0.1) is 11.3 Å². The molecule has 0 radical (unpaired) electrons. The molecule has 4 heteroatoms. The summed E-state index contributed by atoms with van der Waals surface area (Å²) in [5, 5.41) is 0. The Hall–Kier alpha value is -0.380. The van der Waals surface area contributed by atoms with E-state index in [2.05, 4.69) is 20.8 Å². The summed E-state index contributed by atoms with van der Waals surface area (Å²) in [6, 6.07) is 3.55. The van der Waals surface area contributed by atoms with Crippen LogP contribution in [0.5, 0.6) is 0 Å². The molecule has 110 valence electrons. The van der Waals surface area contributed by atoms with Crippen molar-refractivity contribution in [3.8, 4) is 0 Å². The normalized spacial score (nSPS) is 34.6.